The molecule has 0 spiro atoms. The van der Waals surface area contributed by atoms with Crippen molar-refractivity contribution in [3.05, 3.63) is 65.0 Å². The van der Waals surface area contributed by atoms with Gasteiger partial charge in [0, 0.05) is 0 Å². The molecule has 2 aromatic rings. The van der Waals surface area contributed by atoms with E-state index in [4.69, 9.17) is 4.74 Å². The second-order valence-electron chi connectivity index (χ2n) is 5.17. The third kappa shape index (κ3) is 3.82. The molecule has 3 heteroatoms. The Morgan fingerprint density at radius 3 is 2.52 bits per heavy atom. The van der Waals surface area contributed by atoms with Crippen LogP contribution in [0.4, 0.5) is 4.39 Å². The molecular formula is C18H22FNO. The predicted molar refractivity (Wildman–Crippen MR) is 84.3 cm³/mol. The molecule has 0 aliphatic carbocycles. The lowest BCUT2D eigenvalue weighted by Gasteiger charge is -2.21. The first-order chi connectivity index (χ1) is 10.2. The smallest absolute Gasteiger partial charge is 0.123 e. The molecule has 0 saturated heterocycles. The maximum atomic E-state index is 13.5. The molecule has 1 N–H and O–H groups in total. The molecule has 112 valence electrons. The summed E-state index contributed by atoms with van der Waals surface area (Å²) in [5, 5.41) is 3.49. The van der Waals surface area contributed by atoms with Gasteiger partial charge in [0.15, 0.2) is 0 Å². The largest absolute Gasteiger partial charge is 0.496 e. The summed E-state index contributed by atoms with van der Waals surface area (Å²) in [4.78, 5) is 0. The average molecular weight is 287 g/mol. The zero-order valence-electron chi connectivity index (χ0n) is 12.8. The zero-order chi connectivity index (χ0) is 15.2. The fraction of sp³-hybridized carbons (Fsp3) is 0.333. The van der Waals surface area contributed by atoms with E-state index in [1.807, 2.05) is 25.1 Å². The van der Waals surface area contributed by atoms with Gasteiger partial charge in [-0.1, -0.05) is 31.2 Å². The Labute approximate surface area is 126 Å². The second kappa shape index (κ2) is 7.23. The molecule has 0 aliphatic heterocycles. The van der Waals surface area contributed by atoms with Gasteiger partial charge in [-0.3, -0.25) is 0 Å². The number of benzene rings is 2. The predicted octanol–water partition coefficient (Wildman–Crippen LogP) is 4.23. The molecule has 21 heavy (non-hydrogen) atoms. The maximum Gasteiger partial charge on any atom is 0.123 e. The molecule has 1 atom stereocenters. The normalized spacial score (nSPS) is 12.2. The first-order valence-electron chi connectivity index (χ1n) is 7.29. The molecule has 2 nitrogen and oxygen atoms in total. The highest BCUT2D eigenvalue weighted by molar-refractivity contribution is 5.40. The van der Waals surface area contributed by atoms with Crippen LogP contribution in [0.5, 0.6) is 5.75 Å². The van der Waals surface area contributed by atoms with Crippen molar-refractivity contribution in [2.24, 2.45) is 0 Å². The lowest BCUT2D eigenvalue weighted by Crippen LogP contribution is -2.23. The van der Waals surface area contributed by atoms with Crippen molar-refractivity contribution in [2.75, 3.05) is 13.7 Å². The first kappa shape index (κ1) is 15.5. The van der Waals surface area contributed by atoms with Gasteiger partial charge in [0.2, 0.25) is 0 Å². The number of rotatable bonds is 6. The lowest BCUT2D eigenvalue weighted by atomic mass is 9.96. The van der Waals surface area contributed by atoms with E-state index in [1.54, 1.807) is 19.2 Å². The van der Waals surface area contributed by atoms with Gasteiger partial charge in [-0.15, -0.1) is 0 Å². The van der Waals surface area contributed by atoms with E-state index >= 15 is 0 Å². The van der Waals surface area contributed by atoms with Crippen LogP contribution in [0, 0.1) is 12.7 Å². The maximum absolute atomic E-state index is 13.5. The van der Waals surface area contributed by atoms with Crippen molar-refractivity contribution in [1.82, 2.24) is 5.32 Å². The average Bonchev–Trinajstić information content (AvgIpc) is 2.48. The molecule has 1 unspecified atom stereocenters. The van der Waals surface area contributed by atoms with Gasteiger partial charge in [-0.2, -0.15) is 0 Å². The molecule has 0 heterocycles. The third-order valence-corrected chi connectivity index (χ3v) is 3.53. The minimum absolute atomic E-state index is 0.00902. The monoisotopic (exact) mass is 287 g/mol. The number of aryl methyl sites for hydroxylation is 1. The fourth-order valence-corrected chi connectivity index (χ4v) is 2.48. The minimum atomic E-state index is -0.207. The van der Waals surface area contributed by atoms with Crippen LogP contribution < -0.4 is 10.1 Å². The topological polar surface area (TPSA) is 21.3 Å². The van der Waals surface area contributed by atoms with E-state index in [0.29, 0.717) is 0 Å². The Bertz CT molecular complexity index is 598. The molecule has 0 aromatic heterocycles. The van der Waals surface area contributed by atoms with Gasteiger partial charge in [-0.05, 0) is 54.8 Å². The first-order valence-corrected chi connectivity index (χ1v) is 7.29. The van der Waals surface area contributed by atoms with Crippen LogP contribution in [-0.2, 0) is 0 Å². The second-order valence-corrected chi connectivity index (χ2v) is 5.17. The Morgan fingerprint density at radius 2 is 1.90 bits per heavy atom. The van der Waals surface area contributed by atoms with Gasteiger partial charge in [0.1, 0.15) is 11.6 Å². The Balaban J connectivity index is 2.37. The van der Waals surface area contributed by atoms with Crippen molar-refractivity contribution in [3.63, 3.8) is 0 Å². The molecule has 0 amide bonds. The standard InChI is InChI=1S/C18H22FNO/c1-4-10-20-18(14-6-5-7-16(19)12-14)15-8-9-17(21-3)13(2)11-15/h5-9,11-12,18,20H,4,10H2,1-3H3. The summed E-state index contributed by atoms with van der Waals surface area (Å²) in [6.45, 7) is 5.02. The van der Waals surface area contributed by atoms with Crippen molar-refractivity contribution in [3.8, 4) is 5.75 Å². The molecule has 0 radical (unpaired) electrons. The van der Waals surface area contributed by atoms with Gasteiger partial charge < -0.3 is 10.1 Å². The highest BCUT2D eigenvalue weighted by Gasteiger charge is 2.15. The summed E-state index contributed by atoms with van der Waals surface area (Å²) < 4.78 is 18.8. The zero-order valence-corrected chi connectivity index (χ0v) is 12.8. The summed E-state index contributed by atoms with van der Waals surface area (Å²) in [7, 11) is 1.67. The van der Waals surface area contributed by atoms with Crippen LogP contribution >= 0.6 is 0 Å². The lowest BCUT2D eigenvalue weighted by molar-refractivity contribution is 0.411. The molecule has 0 saturated carbocycles. The quantitative estimate of drug-likeness (QED) is 0.858. The van der Waals surface area contributed by atoms with Crippen LogP contribution in [-0.4, -0.2) is 13.7 Å². The van der Waals surface area contributed by atoms with E-state index in [1.165, 1.54) is 6.07 Å². The summed E-state index contributed by atoms with van der Waals surface area (Å²) in [5.74, 6) is 0.660. The van der Waals surface area contributed by atoms with Crippen LogP contribution in [0.25, 0.3) is 0 Å². The van der Waals surface area contributed by atoms with Crippen molar-refractivity contribution >= 4 is 0 Å². The van der Waals surface area contributed by atoms with E-state index in [-0.39, 0.29) is 11.9 Å². The summed E-state index contributed by atoms with van der Waals surface area (Å²) in [6, 6.07) is 12.8. The van der Waals surface area contributed by atoms with E-state index < -0.39 is 0 Å². The van der Waals surface area contributed by atoms with Gasteiger partial charge >= 0.3 is 0 Å². The minimum Gasteiger partial charge on any atom is -0.496 e. The number of halogens is 1. The SMILES string of the molecule is CCCNC(c1cccc(F)c1)c1ccc(OC)c(C)c1. The summed E-state index contributed by atoms with van der Waals surface area (Å²) in [6.07, 6.45) is 1.03. The van der Waals surface area contributed by atoms with Crippen molar-refractivity contribution in [2.45, 2.75) is 26.3 Å². The van der Waals surface area contributed by atoms with E-state index in [0.717, 1.165) is 35.4 Å². The molecule has 0 fully saturated rings. The van der Waals surface area contributed by atoms with Gasteiger partial charge in [0.05, 0.1) is 13.2 Å². The third-order valence-electron chi connectivity index (χ3n) is 3.53. The van der Waals surface area contributed by atoms with Crippen molar-refractivity contribution < 1.29 is 9.13 Å². The number of nitrogens with one attached hydrogen (secondary N) is 1. The number of hydrogen-bond acceptors (Lipinski definition) is 2. The Kier molecular flexibility index (Phi) is 5.34. The van der Waals surface area contributed by atoms with Crippen LogP contribution in [0.15, 0.2) is 42.5 Å². The molecule has 0 bridgehead atoms. The molecular weight excluding hydrogens is 265 g/mol. The van der Waals surface area contributed by atoms with Gasteiger partial charge in [0.25, 0.3) is 0 Å². The highest BCUT2D eigenvalue weighted by atomic mass is 19.1. The molecule has 0 aliphatic rings. The number of hydrogen-bond donors (Lipinski definition) is 1. The van der Waals surface area contributed by atoms with Crippen LogP contribution in [0.1, 0.15) is 36.1 Å². The van der Waals surface area contributed by atoms with E-state index in [9.17, 15) is 4.39 Å². The molecule has 2 aromatic carbocycles. The number of ether oxygens (including phenoxy) is 1. The summed E-state index contributed by atoms with van der Waals surface area (Å²) in [5.41, 5.74) is 3.13. The van der Waals surface area contributed by atoms with Crippen LogP contribution in [0.2, 0.25) is 0 Å². The van der Waals surface area contributed by atoms with Gasteiger partial charge in [-0.25, -0.2) is 4.39 Å². The Morgan fingerprint density at radius 1 is 1.14 bits per heavy atom. The highest BCUT2D eigenvalue weighted by Crippen LogP contribution is 2.27. The Hall–Kier alpha value is -1.87. The van der Waals surface area contributed by atoms with E-state index in [2.05, 4.69) is 18.3 Å². The van der Waals surface area contributed by atoms with Crippen LogP contribution in [0.3, 0.4) is 0 Å². The number of methoxy groups -OCH3 is 1. The fourth-order valence-electron chi connectivity index (χ4n) is 2.48. The summed E-state index contributed by atoms with van der Waals surface area (Å²) >= 11 is 0. The van der Waals surface area contributed by atoms with Crippen molar-refractivity contribution in [1.29, 1.82) is 0 Å². The molecule has 2 rings (SSSR count).